The van der Waals surface area contributed by atoms with Crippen LogP contribution in [0.3, 0.4) is 0 Å². The van der Waals surface area contributed by atoms with Crippen molar-refractivity contribution in [1.82, 2.24) is 20.4 Å². The molecule has 4 aliphatic heterocycles. The molecular weight excluding hydrogens is 516 g/mol. The number of morpholine rings is 1. The maximum absolute atomic E-state index is 14.3. The number of benzene rings is 1. The van der Waals surface area contributed by atoms with Crippen LogP contribution in [0, 0.1) is 17.8 Å². The Morgan fingerprint density at radius 3 is 2.51 bits per heavy atom. The molecule has 0 aliphatic carbocycles. The summed E-state index contributed by atoms with van der Waals surface area (Å²) in [5.41, 5.74) is 0.999. The van der Waals surface area contributed by atoms with Crippen LogP contribution in [0.1, 0.15) is 39.2 Å². The summed E-state index contributed by atoms with van der Waals surface area (Å²) < 4.78 is 4.31. The molecule has 10 heteroatoms. The van der Waals surface area contributed by atoms with Gasteiger partial charge in [0, 0.05) is 37.5 Å². The summed E-state index contributed by atoms with van der Waals surface area (Å²) in [6.07, 6.45) is 1.46. The number of thioether (sulfide) groups is 1. The first kappa shape index (κ1) is 28.4. The minimum atomic E-state index is -0.724. The third-order valence-electron chi connectivity index (χ3n) is 9.20. The highest BCUT2D eigenvalue weighted by Gasteiger charge is 2.77. The number of aliphatic hydroxyl groups excluding tert-OH is 1. The minimum absolute atomic E-state index is 0.0408. The van der Waals surface area contributed by atoms with Crippen LogP contribution in [-0.2, 0) is 25.7 Å². The van der Waals surface area contributed by atoms with Crippen molar-refractivity contribution in [2.75, 3.05) is 46.0 Å². The first-order valence-electron chi connectivity index (χ1n) is 14.2. The van der Waals surface area contributed by atoms with Crippen molar-refractivity contribution in [1.29, 1.82) is 0 Å². The van der Waals surface area contributed by atoms with Gasteiger partial charge in [-0.25, -0.2) is 0 Å². The number of nitrogens with one attached hydrogen (secondary N) is 2. The molecule has 4 saturated heterocycles. The van der Waals surface area contributed by atoms with Gasteiger partial charge in [-0.15, -0.1) is 11.8 Å². The van der Waals surface area contributed by atoms with Crippen LogP contribution in [0.15, 0.2) is 30.3 Å². The molecule has 1 aromatic rings. The predicted octanol–water partition coefficient (Wildman–Crippen LogP) is 1.25. The number of hydrogen-bond donors (Lipinski definition) is 3. The van der Waals surface area contributed by atoms with E-state index < -0.39 is 33.4 Å². The van der Waals surface area contributed by atoms with Crippen molar-refractivity contribution in [2.24, 2.45) is 17.8 Å². The number of carbonyl (C=O) groups excluding carboxylic acids is 3. The van der Waals surface area contributed by atoms with Gasteiger partial charge in [0.25, 0.3) is 0 Å². The van der Waals surface area contributed by atoms with E-state index in [1.807, 2.05) is 44.2 Å². The molecule has 5 rings (SSSR count). The zero-order chi connectivity index (χ0) is 27.8. The van der Waals surface area contributed by atoms with Gasteiger partial charge in [-0.2, -0.15) is 0 Å². The van der Waals surface area contributed by atoms with Crippen LogP contribution in [-0.4, -0.2) is 100 Å². The summed E-state index contributed by atoms with van der Waals surface area (Å²) in [6, 6.07) is 8.53. The highest BCUT2D eigenvalue weighted by atomic mass is 32.2. The molecule has 2 unspecified atom stereocenters. The number of fused-ring (bicyclic) bond motifs is 1. The molecule has 0 radical (unpaired) electrons. The SMILES string of the molecule is CC(C)[C@H](CO)N1C(=O)[C@@H]2[C@@H](C(=O)NCc3ccccc3)[C@@]3(C)CCC2(S3)C1C(=O)NCCN1CCOCC1. The number of aliphatic hydroxyl groups is 1. The molecule has 0 aromatic heterocycles. The fourth-order valence-electron chi connectivity index (χ4n) is 7.20. The number of hydrogen-bond acceptors (Lipinski definition) is 7. The van der Waals surface area contributed by atoms with Crippen LogP contribution in [0.4, 0.5) is 0 Å². The molecule has 4 heterocycles. The second-order valence-corrected chi connectivity index (χ2v) is 13.8. The van der Waals surface area contributed by atoms with Gasteiger partial charge < -0.3 is 25.4 Å². The lowest BCUT2D eigenvalue weighted by Crippen LogP contribution is -2.58. The van der Waals surface area contributed by atoms with Crippen molar-refractivity contribution in [3.63, 3.8) is 0 Å². The third-order valence-corrected chi connectivity index (χ3v) is 11.2. The number of carbonyl (C=O) groups is 3. The Morgan fingerprint density at radius 2 is 1.85 bits per heavy atom. The molecule has 0 saturated carbocycles. The first-order valence-corrected chi connectivity index (χ1v) is 15.1. The van der Waals surface area contributed by atoms with Crippen molar-refractivity contribution in [2.45, 2.75) is 61.7 Å². The van der Waals surface area contributed by atoms with Crippen molar-refractivity contribution >= 4 is 29.5 Å². The summed E-state index contributed by atoms with van der Waals surface area (Å²) >= 11 is 1.66. The lowest BCUT2D eigenvalue weighted by Gasteiger charge is -2.38. The van der Waals surface area contributed by atoms with Gasteiger partial charge in [-0.3, -0.25) is 19.3 Å². The first-order chi connectivity index (χ1) is 18.7. The molecule has 4 aliphatic rings. The van der Waals surface area contributed by atoms with Gasteiger partial charge in [0.2, 0.25) is 17.7 Å². The molecule has 2 bridgehead atoms. The molecule has 3 N–H and O–H groups in total. The molecule has 214 valence electrons. The largest absolute Gasteiger partial charge is 0.394 e. The number of likely N-dealkylation sites (tertiary alicyclic amines) is 1. The second-order valence-electron chi connectivity index (χ2n) is 11.9. The van der Waals surface area contributed by atoms with Crippen LogP contribution >= 0.6 is 11.8 Å². The van der Waals surface area contributed by atoms with Crippen molar-refractivity contribution < 1.29 is 24.2 Å². The van der Waals surface area contributed by atoms with Gasteiger partial charge in [0.15, 0.2) is 0 Å². The van der Waals surface area contributed by atoms with Gasteiger partial charge in [-0.05, 0) is 31.2 Å². The Kier molecular flexibility index (Phi) is 8.29. The van der Waals surface area contributed by atoms with E-state index in [4.69, 9.17) is 4.74 Å². The Balaban J connectivity index is 1.40. The quantitative estimate of drug-likeness (QED) is 0.396. The normalized spacial score (nSPS) is 32.9. The molecule has 3 amide bonds. The number of nitrogens with zero attached hydrogens (tertiary/aromatic N) is 2. The van der Waals surface area contributed by atoms with E-state index in [1.54, 1.807) is 16.7 Å². The fraction of sp³-hybridized carbons (Fsp3) is 0.690. The molecule has 9 nitrogen and oxygen atoms in total. The zero-order valence-electron chi connectivity index (χ0n) is 23.2. The molecule has 4 fully saturated rings. The van der Waals surface area contributed by atoms with E-state index in [0.29, 0.717) is 32.7 Å². The summed E-state index contributed by atoms with van der Waals surface area (Å²) in [6.45, 7) is 10.4. The summed E-state index contributed by atoms with van der Waals surface area (Å²) in [5, 5.41) is 16.6. The van der Waals surface area contributed by atoms with Crippen LogP contribution < -0.4 is 10.6 Å². The number of amides is 3. The van der Waals surface area contributed by atoms with Crippen molar-refractivity contribution in [3.8, 4) is 0 Å². The van der Waals surface area contributed by atoms with Crippen LogP contribution in [0.2, 0.25) is 0 Å². The topological polar surface area (TPSA) is 111 Å². The van der Waals surface area contributed by atoms with E-state index in [2.05, 4.69) is 22.5 Å². The van der Waals surface area contributed by atoms with Gasteiger partial charge >= 0.3 is 0 Å². The maximum atomic E-state index is 14.3. The predicted molar refractivity (Wildman–Crippen MR) is 150 cm³/mol. The van der Waals surface area contributed by atoms with Crippen LogP contribution in [0.25, 0.3) is 0 Å². The number of rotatable bonds is 10. The van der Waals surface area contributed by atoms with Crippen LogP contribution in [0.5, 0.6) is 0 Å². The lowest BCUT2D eigenvalue weighted by molar-refractivity contribution is -0.144. The number of ether oxygens (including phenoxy) is 1. The smallest absolute Gasteiger partial charge is 0.244 e. The molecular formula is C29H42N4O5S. The minimum Gasteiger partial charge on any atom is -0.394 e. The lowest BCUT2D eigenvalue weighted by atomic mass is 9.66. The van der Waals surface area contributed by atoms with Crippen molar-refractivity contribution in [3.05, 3.63) is 35.9 Å². The Bertz CT molecular complexity index is 1070. The summed E-state index contributed by atoms with van der Waals surface area (Å²) in [7, 11) is 0. The molecule has 39 heavy (non-hydrogen) atoms. The second kappa shape index (κ2) is 11.4. The molecule has 1 aromatic carbocycles. The molecule has 1 spiro atoms. The van der Waals surface area contributed by atoms with E-state index in [9.17, 15) is 19.5 Å². The van der Waals surface area contributed by atoms with Gasteiger partial charge in [0.05, 0.1) is 42.4 Å². The third kappa shape index (κ3) is 5.09. The zero-order valence-corrected chi connectivity index (χ0v) is 24.0. The van der Waals surface area contributed by atoms with E-state index in [-0.39, 0.29) is 30.2 Å². The van der Waals surface area contributed by atoms with Gasteiger partial charge in [-0.1, -0.05) is 44.2 Å². The Hall–Kier alpha value is -2.14. The Morgan fingerprint density at radius 1 is 1.13 bits per heavy atom. The highest BCUT2D eigenvalue weighted by Crippen LogP contribution is 2.71. The van der Waals surface area contributed by atoms with E-state index in [0.717, 1.165) is 31.6 Å². The monoisotopic (exact) mass is 558 g/mol. The Labute approximate surface area is 235 Å². The fourth-order valence-corrected chi connectivity index (χ4v) is 9.54. The summed E-state index contributed by atoms with van der Waals surface area (Å²) in [4.78, 5) is 45.9. The van der Waals surface area contributed by atoms with E-state index in [1.165, 1.54) is 0 Å². The summed E-state index contributed by atoms with van der Waals surface area (Å²) in [5.74, 6) is -1.66. The van der Waals surface area contributed by atoms with E-state index >= 15 is 0 Å². The molecule has 6 atom stereocenters. The van der Waals surface area contributed by atoms with Gasteiger partial charge in [0.1, 0.15) is 6.04 Å². The standard InChI is InChI=1S/C29H42N4O5S/c1-19(2)21(18-34)33-24(26(36)30-11-12-32-13-15-38-16-14-32)29-10-9-28(3,39-29)22(23(29)27(33)37)25(35)31-17-20-7-5-4-6-8-20/h4-8,19,21-24,34H,9-18H2,1-3H3,(H,30,36)(H,31,35)/t21-,22-,23-,24?,28+,29?/m0/s1. The average molecular weight is 559 g/mol. The average Bonchev–Trinajstić information content (AvgIpc) is 3.50. The maximum Gasteiger partial charge on any atom is 0.244 e. The highest BCUT2D eigenvalue weighted by molar-refractivity contribution is 8.02.